The molecule has 6 heteroatoms. The lowest BCUT2D eigenvalue weighted by Gasteiger charge is -2.35. The van der Waals surface area contributed by atoms with Crippen LogP contribution in [-0.4, -0.2) is 42.0 Å². The van der Waals surface area contributed by atoms with E-state index in [1.54, 1.807) is 19.1 Å². The van der Waals surface area contributed by atoms with E-state index >= 15 is 0 Å². The molecule has 1 aliphatic heterocycles. The number of nitrogens with zero attached hydrogens (tertiary/aromatic N) is 1. The fourth-order valence-electron chi connectivity index (χ4n) is 5.11. The van der Waals surface area contributed by atoms with E-state index in [0.717, 1.165) is 48.8 Å². The van der Waals surface area contributed by atoms with Crippen molar-refractivity contribution in [1.29, 1.82) is 0 Å². The Morgan fingerprint density at radius 2 is 1.61 bits per heavy atom. The molecule has 1 amide bonds. The van der Waals surface area contributed by atoms with Crippen molar-refractivity contribution in [2.24, 2.45) is 0 Å². The molecular weight excluding hydrogens is 418 g/mol. The van der Waals surface area contributed by atoms with Gasteiger partial charge in [-0.1, -0.05) is 31.4 Å². The highest BCUT2D eigenvalue weighted by Crippen LogP contribution is 2.44. The third-order valence-electron chi connectivity index (χ3n) is 6.88. The van der Waals surface area contributed by atoms with Crippen LogP contribution in [0.4, 0.5) is 0 Å². The summed E-state index contributed by atoms with van der Waals surface area (Å²) in [6.45, 7) is 3.74. The number of amides is 1. The summed E-state index contributed by atoms with van der Waals surface area (Å²) in [5.41, 5.74) is 3.07. The minimum atomic E-state index is -0.638. The van der Waals surface area contributed by atoms with Crippen molar-refractivity contribution in [3.63, 3.8) is 0 Å². The van der Waals surface area contributed by atoms with Crippen LogP contribution in [-0.2, 0) is 9.59 Å². The lowest BCUT2D eigenvalue weighted by Crippen LogP contribution is -2.40. The third kappa shape index (κ3) is 4.10. The van der Waals surface area contributed by atoms with Gasteiger partial charge in [-0.15, -0.1) is 0 Å². The molecule has 1 N–H and O–H groups in total. The minimum absolute atomic E-state index is 0.0219. The Bertz CT molecular complexity index is 1100. The molecular formula is C27H31NO5. The molecule has 174 valence electrons. The SMILES string of the molecule is COc1ccc(C2/C(=C(\O)c3cc(C)c(OC)cc3C)C(=O)C(=O)N2C2CCCCC2)cc1. The Morgan fingerprint density at radius 3 is 2.21 bits per heavy atom. The monoisotopic (exact) mass is 449 g/mol. The number of methoxy groups -OCH3 is 2. The Kier molecular flexibility index (Phi) is 6.45. The van der Waals surface area contributed by atoms with Crippen LogP contribution in [0.2, 0.25) is 0 Å². The number of aryl methyl sites for hydroxylation is 2. The van der Waals surface area contributed by atoms with Gasteiger partial charge in [-0.05, 0) is 67.6 Å². The molecule has 0 bridgehead atoms. The number of carbonyl (C=O) groups is 2. The van der Waals surface area contributed by atoms with Gasteiger partial charge in [-0.3, -0.25) is 9.59 Å². The summed E-state index contributed by atoms with van der Waals surface area (Å²) in [6, 6.07) is 10.4. The van der Waals surface area contributed by atoms with Gasteiger partial charge in [0.25, 0.3) is 11.7 Å². The average Bonchev–Trinajstić information content (AvgIpc) is 3.10. The maximum Gasteiger partial charge on any atom is 0.295 e. The van der Waals surface area contributed by atoms with Crippen LogP contribution in [0.25, 0.3) is 5.76 Å². The number of hydrogen-bond acceptors (Lipinski definition) is 5. The highest BCUT2D eigenvalue weighted by molar-refractivity contribution is 6.46. The minimum Gasteiger partial charge on any atom is -0.507 e. The highest BCUT2D eigenvalue weighted by atomic mass is 16.5. The van der Waals surface area contributed by atoms with E-state index in [9.17, 15) is 14.7 Å². The molecule has 1 saturated carbocycles. The molecule has 0 spiro atoms. The van der Waals surface area contributed by atoms with Crippen molar-refractivity contribution in [3.8, 4) is 11.5 Å². The summed E-state index contributed by atoms with van der Waals surface area (Å²) >= 11 is 0. The van der Waals surface area contributed by atoms with Gasteiger partial charge in [0.15, 0.2) is 0 Å². The molecule has 1 atom stereocenters. The first-order valence-electron chi connectivity index (χ1n) is 11.5. The molecule has 1 saturated heterocycles. The van der Waals surface area contributed by atoms with Gasteiger partial charge in [0.05, 0.1) is 25.8 Å². The van der Waals surface area contributed by atoms with Crippen LogP contribution in [0.3, 0.4) is 0 Å². The van der Waals surface area contributed by atoms with Crippen LogP contribution in [0.1, 0.15) is 60.4 Å². The predicted molar refractivity (Wildman–Crippen MR) is 126 cm³/mol. The molecule has 6 nitrogen and oxygen atoms in total. The molecule has 1 unspecified atom stereocenters. The van der Waals surface area contributed by atoms with E-state index in [1.807, 2.05) is 50.2 Å². The van der Waals surface area contributed by atoms with Crippen molar-refractivity contribution in [3.05, 3.63) is 64.2 Å². The maximum absolute atomic E-state index is 13.3. The molecule has 33 heavy (non-hydrogen) atoms. The molecule has 2 aliphatic rings. The van der Waals surface area contributed by atoms with E-state index in [4.69, 9.17) is 9.47 Å². The first-order valence-corrected chi connectivity index (χ1v) is 11.5. The Morgan fingerprint density at radius 1 is 0.939 bits per heavy atom. The summed E-state index contributed by atoms with van der Waals surface area (Å²) in [7, 11) is 3.19. The molecule has 2 aromatic carbocycles. The first kappa shape index (κ1) is 22.9. The number of carbonyl (C=O) groups excluding carboxylic acids is 2. The van der Waals surface area contributed by atoms with Crippen molar-refractivity contribution in [2.45, 2.75) is 58.0 Å². The Labute approximate surface area is 194 Å². The number of rotatable bonds is 5. The Balaban J connectivity index is 1.89. The third-order valence-corrected chi connectivity index (χ3v) is 6.88. The topological polar surface area (TPSA) is 76.1 Å². The van der Waals surface area contributed by atoms with Crippen molar-refractivity contribution < 1.29 is 24.2 Å². The first-order chi connectivity index (χ1) is 15.9. The number of ketones is 1. The van der Waals surface area contributed by atoms with Crippen LogP contribution in [0, 0.1) is 13.8 Å². The smallest absolute Gasteiger partial charge is 0.295 e. The predicted octanol–water partition coefficient (Wildman–Crippen LogP) is 5.08. The maximum atomic E-state index is 13.3. The molecule has 0 radical (unpaired) electrons. The van der Waals surface area contributed by atoms with Crippen molar-refractivity contribution in [1.82, 2.24) is 4.90 Å². The lowest BCUT2D eigenvalue weighted by atomic mass is 9.90. The lowest BCUT2D eigenvalue weighted by molar-refractivity contribution is -0.141. The van der Waals surface area contributed by atoms with E-state index in [0.29, 0.717) is 17.1 Å². The second-order valence-electron chi connectivity index (χ2n) is 8.91. The number of Topliss-reactive ketones (excluding diaryl/α,β-unsaturated/α-hetero) is 1. The van der Waals surface area contributed by atoms with Gasteiger partial charge >= 0.3 is 0 Å². The van der Waals surface area contributed by atoms with Gasteiger partial charge in [-0.25, -0.2) is 0 Å². The largest absolute Gasteiger partial charge is 0.507 e. The van der Waals surface area contributed by atoms with E-state index in [2.05, 4.69) is 0 Å². The zero-order valence-corrected chi connectivity index (χ0v) is 19.7. The average molecular weight is 450 g/mol. The number of benzene rings is 2. The fraction of sp³-hybridized carbons (Fsp3) is 0.407. The normalized spacial score (nSPS) is 20.8. The van der Waals surface area contributed by atoms with Gasteiger partial charge in [0, 0.05) is 11.6 Å². The number of aliphatic hydroxyl groups is 1. The van der Waals surface area contributed by atoms with E-state index in [-0.39, 0.29) is 17.4 Å². The quantitative estimate of drug-likeness (QED) is 0.392. The molecule has 1 aliphatic carbocycles. The summed E-state index contributed by atoms with van der Waals surface area (Å²) in [6.07, 6.45) is 4.91. The van der Waals surface area contributed by atoms with Crippen LogP contribution < -0.4 is 9.47 Å². The van der Waals surface area contributed by atoms with Gasteiger partial charge in [0.2, 0.25) is 0 Å². The van der Waals surface area contributed by atoms with Crippen molar-refractivity contribution >= 4 is 17.4 Å². The van der Waals surface area contributed by atoms with Gasteiger partial charge in [0.1, 0.15) is 17.3 Å². The van der Waals surface area contributed by atoms with Crippen LogP contribution in [0.15, 0.2) is 42.0 Å². The molecule has 0 aromatic heterocycles. The van der Waals surface area contributed by atoms with Gasteiger partial charge < -0.3 is 19.5 Å². The molecule has 2 fully saturated rings. The number of hydrogen-bond donors (Lipinski definition) is 1. The Hall–Kier alpha value is -3.28. The second kappa shape index (κ2) is 9.30. The zero-order valence-electron chi connectivity index (χ0n) is 19.7. The highest BCUT2D eigenvalue weighted by Gasteiger charge is 2.49. The van der Waals surface area contributed by atoms with Gasteiger partial charge in [-0.2, -0.15) is 0 Å². The zero-order chi connectivity index (χ0) is 23.7. The fourth-order valence-corrected chi connectivity index (χ4v) is 5.11. The summed E-state index contributed by atoms with van der Waals surface area (Å²) in [5, 5.41) is 11.4. The standard InChI is InChI=1S/C27H31NO5/c1-16-15-22(33-4)17(2)14-21(16)25(29)23-24(18-10-12-20(32-3)13-11-18)28(27(31)26(23)30)19-8-6-5-7-9-19/h10-15,19,24,29H,5-9H2,1-4H3/b25-23+. The van der Waals surface area contributed by atoms with E-state index < -0.39 is 17.7 Å². The van der Waals surface area contributed by atoms with Crippen LogP contribution in [0.5, 0.6) is 11.5 Å². The second-order valence-corrected chi connectivity index (χ2v) is 8.91. The molecule has 4 rings (SSSR count). The summed E-state index contributed by atoms with van der Waals surface area (Å²) < 4.78 is 10.7. The van der Waals surface area contributed by atoms with Crippen LogP contribution >= 0.6 is 0 Å². The summed E-state index contributed by atoms with van der Waals surface area (Å²) in [4.78, 5) is 28.3. The molecule has 2 aromatic rings. The number of ether oxygens (including phenoxy) is 2. The number of aliphatic hydroxyl groups excluding tert-OH is 1. The number of likely N-dealkylation sites (tertiary alicyclic amines) is 1. The van der Waals surface area contributed by atoms with E-state index in [1.165, 1.54) is 0 Å². The molecule has 1 heterocycles. The van der Waals surface area contributed by atoms with Crippen molar-refractivity contribution in [2.75, 3.05) is 14.2 Å². The summed E-state index contributed by atoms with van der Waals surface area (Å²) in [5.74, 6) is 0.0862.